The van der Waals surface area contributed by atoms with Gasteiger partial charge in [0.05, 0.1) is 30.2 Å². The molecule has 2 amide bonds. The zero-order chi connectivity index (χ0) is 20.3. The third-order valence-corrected chi connectivity index (χ3v) is 5.32. The summed E-state index contributed by atoms with van der Waals surface area (Å²) in [6.07, 6.45) is 1.65. The first-order valence-electron chi connectivity index (χ1n) is 8.74. The Morgan fingerprint density at radius 3 is 2.68 bits per heavy atom. The maximum Gasteiger partial charge on any atom is 0.293 e. The van der Waals surface area contributed by atoms with Crippen molar-refractivity contribution in [1.29, 1.82) is 0 Å². The maximum atomic E-state index is 12.8. The summed E-state index contributed by atoms with van der Waals surface area (Å²) in [4.78, 5) is 26.7. The number of amides is 2. The minimum absolute atomic E-state index is 0.247. The molecular weight excluding hydrogens is 398 g/mol. The van der Waals surface area contributed by atoms with Crippen molar-refractivity contribution in [3.63, 3.8) is 0 Å². The summed E-state index contributed by atoms with van der Waals surface area (Å²) in [5, 5.41) is 0.0843. The molecule has 0 N–H and O–H groups in total. The van der Waals surface area contributed by atoms with Crippen LogP contribution < -0.4 is 9.47 Å². The molecule has 28 heavy (non-hydrogen) atoms. The zero-order valence-electron chi connectivity index (χ0n) is 15.8. The molecule has 2 aromatic carbocycles. The van der Waals surface area contributed by atoms with Crippen LogP contribution in [0.2, 0.25) is 5.02 Å². The number of thioether (sulfide) groups is 1. The number of ether oxygens (including phenoxy) is 2. The Kier molecular flexibility index (Phi) is 6.31. The van der Waals surface area contributed by atoms with Crippen LogP contribution in [0.15, 0.2) is 41.3 Å². The second-order valence-electron chi connectivity index (χ2n) is 6.22. The summed E-state index contributed by atoms with van der Waals surface area (Å²) < 4.78 is 10.8. The highest BCUT2D eigenvalue weighted by Crippen LogP contribution is 2.39. The van der Waals surface area contributed by atoms with Crippen molar-refractivity contribution in [3.05, 3.63) is 63.0 Å². The fourth-order valence-corrected chi connectivity index (χ4v) is 4.05. The first-order valence-corrected chi connectivity index (χ1v) is 9.93. The van der Waals surface area contributed by atoms with E-state index in [-0.39, 0.29) is 17.7 Å². The predicted octanol–water partition coefficient (Wildman–Crippen LogP) is 5.29. The lowest BCUT2D eigenvalue weighted by Gasteiger charge is -2.13. The molecule has 0 bridgehead atoms. The number of methoxy groups -OCH3 is 1. The molecule has 0 aromatic heterocycles. The normalized spacial score (nSPS) is 15.4. The lowest BCUT2D eigenvalue weighted by Crippen LogP contribution is -2.27. The van der Waals surface area contributed by atoms with Gasteiger partial charge in [0.1, 0.15) is 0 Å². The molecule has 0 unspecified atom stereocenters. The number of halogens is 1. The summed E-state index contributed by atoms with van der Waals surface area (Å²) >= 11 is 7.19. The van der Waals surface area contributed by atoms with Gasteiger partial charge in [0.15, 0.2) is 11.5 Å². The maximum absolute atomic E-state index is 12.8. The molecule has 7 heteroatoms. The highest BCUT2D eigenvalue weighted by Gasteiger charge is 2.35. The van der Waals surface area contributed by atoms with Gasteiger partial charge in [-0.1, -0.05) is 41.4 Å². The number of rotatable bonds is 6. The zero-order valence-corrected chi connectivity index (χ0v) is 17.4. The van der Waals surface area contributed by atoms with Crippen LogP contribution in [0, 0.1) is 6.92 Å². The number of hydrogen-bond acceptors (Lipinski definition) is 5. The number of aryl methyl sites for hydroxylation is 1. The van der Waals surface area contributed by atoms with Crippen molar-refractivity contribution in [2.24, 2.45) is 0 Å². The van der Waals surface area contributed by atoms with E-state index in [1.807, 2.05) is 38.1 Å². The van der Waals surface area contributed by atoms with Crippen LogP contribution in [-0.2, 0) is 11.3 Å². The molecule has 0 saturated carbocycles. The summed E-state index contributed by atoms with van der Waals surface area (Å²) in [6, 6.07) is 11.2. The van der Waals surface area contributed by atoms with Crippen molar-refractivity contribution in [3.8, 4) is 11.5 Å². The van der Waals surface area contributed by atoms with Gasteiger partial charge in [-0.3, -0.25) is 14.5 Å². The standard InChI is InChI=1S/C21H20ClNO4S/c1-4-27-17-10-15(9-16(22)19(17)26-3)11-18-20(24)23(21(25)28-18)12-14-7-5-6-13(2)8-14/h5-11H,4,12H2,1-3H3/b18-11-. The van der Waals surface area contributed by atoms with Gasteiger partial charge in [-0.25, -0.2) is 0 Å². The molecule has 146 valence electrons. The Bertz CT molecular complexity index is 957. The Hall–Kier alpha value is -2.44. The first-order chi connectivity index (χ1) is 13.4. The van der Waals surface area contributed by atoms with Gasteiger partial charge in [0.25, 0.3) is 11.1 Å². The third-order valence-electron chi connectivity index (χ3n) is 4.13. The molecule has 0 spiro atoms. The number of carbonyl (C=O) groups is 2. The highest BCUT2D eigenvalue weighted by atomic mass is 35.5. The number of benzene rings is 2. The highest BCUT2D eigenvalue weighted by molar-refractivity contribution is 8.18. The first kappa shape index (κ1) is 20.3. The lowest BCUT2D eigenvalue weighted by molar-refractivity contribution is -0.123. The van der Waals surface area contributed by atoms with E-state index in [4.69, 9.17) is 21.1 Å². The third kappa shape index (κ3) is 4.34. The van der Waals surface area contributed by atoms with Crippen LogP contribution in [0.1, 0.15) is 23.6 Å². The average Bonchev–Trinajstić information content (AvgIpc) is 2.89. The lowest BCUT2D eigenvalue weighted by atomic mass is 10.1. The van der Waals surface area contributed by atoms with E-state index in [9.17, 15) is 9.59 Å². The number of imide groups is 1. The fourth-order valence-electron chi connectivity index (χ4n) is 2.91. The van der Waals surface area contributed by atoms with Crippen LogP contribution in [0.25, 0.3) is 6.08 Å². The summed E-state index contributed by atoms with van der Waals surface area (Å²) in [5.41, 5.74) is 2.65. The molecule has 1 heterocycles. The molecule has 3 rings (SSSR count). The Labute approximate surface area is 173 Å². The van der Waals surface area contributed by atoms with Gasteiger partial charge in [-0.2, -0.15) is 0 Å². The fraction of sp³-hybridized carbons (Fsp3) is 0.238. The minimum atomic E-state index is -0.318. The van der Waals surface area contributed by atoms with E-state index < -0.39 is 0 Å². The van der Waals surface area contributed by atoms with Crippen LogP contribution >= 0.6 is 23.4 Å². The number of carbonyl (C=O) groups excluding carboxylic acids is 2. The van der Waals surface area contributed by atoms with E-state index in [0.29, 0.717) is 33.6 Å². The van der Waals surface area contributed by atoms with Crippen molar-refractivity contribution in [2.45, 2.75) is 20.4 Å². The molecule has 1 fully saturated rings. The van der Waals surface area contributed by atoms with E-state index in [0.717, 1.165) is 22.9 Å². The van der Waals surface area contributed by atoms with Crippen molar-refractivity contribution in [1.82, 2.24) is 4.90 Å². The second-order valence-corrected chi connectivity index (χ2v) is 7.62. The largest absolute Gasteiger partial charge is 0.491 e. The van der Waals surface area contributed by atoms with Crippen molar-refractivity contribution < 1.29 is 19.1 Å². The van der Waals surface area contributed by atoms with E-state index in [1.54, 1.807) is 18.2 Å². The van der Waals surface area contributed by atoms with Gasteiger partial charge in [0, 0.05) is 0 Å². The Morgan fingerprint density at radius 2 is 2.00 bits per heavy atom. The molecule has 0 aliphatic carbocycles. The van der Waals surface area contributed by atoms with E-state index >= 15 is 0 Å². The molecule has 1 aliphatic heterocycles. The Balaban J connectivity index is 1.87. The minimum Gasteiger partial charge on any atom is -0.491 e. The molecule has 0 radical (unpaired) electrons. The monoisotopic (exact) mass is 417 g/mol. The predicted molar refractivity (Wildman–Crippen MR) is 112 cm³/mol. The molecular formula is C21H20ClNO4S. The quantitative estimate of drug-likeness (QED) is 0.597. The van der Waals surface area contributed by atoms with Crippen molar-refractivity contribution >= 4 is 40.6 Å². The number of hydrogen-bond donors (Lipinski definition) is 0. The van der Waals surface area contributed by atoms with Gasteiger partial charge in [-0.05, 0) is 54.9 Å². The van der Waals surface area contributed by atoms with Crippen LogP contribution in [0.4, 0.5) is 4.79 Å². The molecule has 2 aromatic rings. The van der Waals surface area contributed by atoms with Crippen molar-refractivity contribution in [2.75, 3.05) is 13.7 Å². The smallest absolute Gasteiger partial charge is 0.293 e. The molecule has 1 aliphatic rings. The Morgan fingerprint density at radius 1 is 1.21 bits per heavy atom. The van der Waals surface area contributed by atoms with Crippen LogP contribution in [-0.4, -0.2) is 29.8 Å². The molecule has 0 atom stereocenters. The van der Waals surface area contributed by atoms with Crippen LogP contribution in [0.3, 0.4) is 0 Å². The summed E-state index contributed by atoms with van der Waals surface area (Å²) in [6.45, 7) is 4.53. The van der Waals surface area contributed by atoms with Gasteiger partial charge >= 0.3 is 0 Å². The number of nitrogens with zero attached hydrogens (tertiary/aromatic N) is 1. The van der Waals surface area contributed by atoms with E-state index in [2.05, 4.69) is 0 Å². The van der Waals surface area contributed by atoms with Gasteiger partial charge in [0.2, 0.25) is 0 Å². The average molecular weight is 418 g/mol. The summed E-state index contributed by atoms with van der Waals surface area (Å²) in [5.74, 6) is 0.609. The van der Waals surface area contributed by atoms with Gasteiger partial charge < -0.3 is 9.47 Å². The SMILES string of the molecule is CCOc1cc(/C=C2\SC(=O)N(Cc3cccc(C)c3)C2=O)cc(Cl)c1OC. The second kappa shape index (κ2) is 8.71. The van der Waals surface area contributed by atoms with Gasteiger partial charge in [-0.15, -0.1) is 0 Å². The van der Waals surface area contributed by atoms with E-state index in [1.165, 1.54) is 12.0 Å². The van der Waals surface area contributed by atoms with Crippen LogP contribution in [0.5, 0.6) is 11.5 Å². The molecule has 5 nitrogen and oxygen atoms in total. The topological polar surface area (TPSA) is 55.8 Å². The molecule has 1 saturated heterocycles. The summed E-state index contributed by atoms with van der Waals surface area (Å²) in [7, 11) is 1.51.